The molecule has 1 aliphatic carbocycles. The van der Waals surface area contributed by atoms with Gasteiger partial charge in [0.1, 0.15) is 5.69 Å². The largest absolute Gasteiger partial charge is 0.481 e. The van der Waals surface area contributed by atoms with Crippen LogP contribution in [-0.4, -0.2) is 35.1 Å². The number of aromatic nitrogens is 2. The van der Waals surface area contributed by atoms with E-state index in [0.29, 0.717) is 28.0 Å². The molecule has 0 aliphatic heterocycles. The van der Waals surface area contributed by atoms with Gasteiger partial charge in [0.25, 0.3) is 5.91 Å². The fourth-order valence-electron chi connectivity index (χ4n) is 3.97. The van der Waals surface area contributed by atoms with E-state index in [1.165, 1.54) is 13.3 Å². The summed E-state index contributed by atoms with van der Waals surface area (Å²) in [6, 6.07) is 11.1. The van der Waals surface area contributed by atoms with E-state index >= 15 is 0 Å². The van der Waals surface area contributed by atoms with Gasteiger partial charge >= 0.3 is 6.18 Å². The minimum Gasteiger partial charge on any atom is -0.481 e. The van der Waals surface area contributed by atoms with Gasteiger partial charge in [0, 0.05) is 41.0 Å². The second-order valence-corrected chi connectivity index (χ2v) is 7.82. The highest BCUT2D eigenvalue weighted by atomic mass is 19.4. The van der Waals surface area contributed by atoms with Gasteiger partial charge in [-0.3, -0.25) is 4.79 Å². The van der Waals surface area contributed by atoms with Crippen LogP contribution in [0.25, 0.3) is 10.9 Å². The summed E-state index contributed by atoms with van der Waals surface area (Å²) in [6.45, 7) is 0. The number of alkyl halides is 3. The average molecular weight is 444 g/mol. The summed E-state index contributed by atoms with van der Waals surface area (Å²) >= 11 is 0. The molecule has 168 valence electrons. The highest BCUT2D eigenvalue weighted by Gasteiger charge is 2.34. The number of para-hydroxylation sites is 1. The maximum Gasteiger partial charge on any atom is 0.433 e. The molecule has 2 heterocycles. The lowest BCUT2D eigenvalue weighted by Crippen LogP contribution is -2.40. The zero-order valence-corrected chi connectivity index (χ0v) is 17.4. The zero-order valence-electron chi connectivity index (χ0n) is 17.4. The van der Waals surface area contributed by atoms with Crippen LogP contribution in [0, 0.1) is 0 Å². The first-order valence-electron chi connectivity index (χ1n) is 10.4. The van der Waals surface area contributed by atoms with Crippen molar-refractivity contribution in [3.05, 3.63) is 59.9 Å². The summed E-state index contributed by atoms with van der Waals surface area (Å²) in [5.41, 5.74) is 0.297. The average Bonchev–Trinajstić information content (AvgIpc) is 2.79. The number of ether oxygens (including phenoxy) is 1. The van der Waals surface area contributed by atoms with Gasteiger partial charge in [-0.2, -0.15) is 13.2 Å². The van der Waals surface area contributed by atoms with Crippen LogP contribution in [0.4, 0.5) is 18.9 Å². The number of methoxy groups -OCH3 is 1. The minimum absolute atomic E-state index is 0.000342. The van der Waals surface area contributed by atoms with Crippen molar-refractivity contribution in [1.29, 1.82) is 0 Å². The van der Waals surface area contributed by atoms with Crippen LogP contribution < -0.4 is 15.4 Å². The predicted molar refractivity (Wildman–Crippen MR) is 115 cm³/mol. The van der Waals surface area contributed by atoms with E-state index in [1.54, 1.807) is 36.4 Å². The Morgan fingerprint density at radius 2 is 1.78 bits per heavy atom. The van der Waals surface area contributed by atoms with Crippen molar-refractivity contribution < 1.29 is 22.7 Å². The van der Waals surface area contributed by atoms with Gasteiger partial charge in [-0.05, 0) is 43.9 Å². The molecular weight excluding hydrogens is 421 g/mol. The lowest BCUT2D eigenvalue weighted by Gasteiger charge is -2.30. The number of nitrogens with one attached hydrogen (secondary N) is 2. The second-order valence-electron chi connectivity index (χ2n) is 7.82. The molecule has 0 atom stereocenters. The zero-order chi connectivity index (χ0) is 22.7. The van der Waals surface area contributed by atoms with E-state index in [-0.39, 0.29) is 18.0 Å². The molecule has 2 N–H and O–H groups in total. The van der Waals surface area contributed by atoms with Gasteiger partial charge in [0.05, 0.1) is 12.6 Å². The highest BCUT2D eigenvalue weighted by Crippen LogP contribution is 2.34. The SMILES string of the molecule is COc1cc(C(=O)NC2CCC(Nc3cc(C(F)(F)F)nc4ccccc34)CC2)ccn1. The number of anilines is 1. The van der Waals surface area contributed by atoms with E-state index in [0.717, 1.165) is 31.7 Å². The Kier molecular flexibility index (Phi) is 6.16. The molecule has 1 amide bonds. The number of fused-ring (bicyclic) bond motifs is 1. The second kappa shape index (κ2) is 9.02. The third kappa shape index (κ3) is 4.92. The van der Waals surface area contributed by atoms with Crippen molar-refractivity contribution in [2.45, 2.75) is 43.9 Å². The Morgan fingerprint density at radius 1 is 1.06 bits per heavy atom. The number of halogens is 3. The normalized spacial score (nSPS) is 18.9. The summed E-state index contributed by atoms with van der Waals surface area (Å²) in [7, 11) is 1.49. The summed E-state index contributed by atoms with van der Waals surface area (Å²) in [6.07, 6.45) is -0.104. The molecule has 32 heavy (non-hydrogen) atoms. The van der Waals surface area contributed by atoms with Crippen LogP contribution >= 0.6 is 0 Å². The van der Waals surface area contributed by atoms with E-state index in [1.807, 2.05) is 0 Å². The molecule has 0 spiro atoms. The molecule has 9 heteroatoms. The van der Waals surface area contributed by atoms with E-state index in [9.17, 15) is 18.0 Å². The number of pyridine rings is 2. The minimum atomic E-state index is -4.52. The van der Waals surface area contributed by atoms with Gasteiger partial charge in [0.2, 0.25) is 5.88 Å². The number of benzene rings is 1. The Hall–Kier alpha value is -3.36. The van der Waals surface area contributed by atoms with Crippen LogP contribution in [0.2, 0.25) is 0 Å². The summed E-state index contributed by atoms with van der Waals surface area (Å²) in [5, 5.41) is 6.96. The standard InChI is InChI=1S/C23H23F3N4O2/c1-32-21-12-14(10-11-27-21)22(31)29-16-8-6-15(7-9-16)28-19-13-20(23(24,25)26)30-18-5-3-2-4-17(18)19/h2-5,10-13,15-16H,6-9H2,1H3,(H,28,30)(H,29,31). The number of nitrogens with zero attached hydrogens (tertiary/aromatic N) is 2. The topological polar surface area (TPSA) is 76.1 Å². The monoisotopic (exact) mass is 444 g/mol. The molecule has 1 aromatic carbocycles. The predicted octanol–water partition coefficient (Wildman–Crippen LogP) is 4.81. The molecule has 4 rings (SSSR count). The summed E-state index contributed by atoms with van der Waals surface area (Å²) < 4.78 is 44.9. The number of hydrogen-bond acceptors (Lipinski definition) is 5. The van der Waals surface area contributed by atoms with Crippen molar-refractivity contribution >= 4 is 22.5 Å². The molecular formula is C23H23F3N4O2. The Balaban J connectivity index is 1.41. The van der Waals surface area contributed by atoms with Crippen molar-refractivity contribution in [3.63, 3.8) is 0 Å². The van der Waals surface area contributed by atoms with Crippen molar-refractivity contribution in [1.82, 2.24) is 15.3 Å². The fourth-order valence-corrected chi connectivity index (χ4v) is 3.97. The number of carbonyl (C=O) groups is 1. The van der Waals surface area contributed by atoms with Crippen LogP contribution in [0.1, 0.15) is 41.7 Å². The smallest absolute Gasteiger partial charge is 0.433 e. The maximum absolute atomic E-state index is 13.3. The van der Waals surface area contributed by atoms with Crippen LogP contribution in [0.5, 0.6) is 5.88 Å². The van der Waals surface area contributed by atoms with E-state index in [4.69, 9.17) is 4.74 Å². The Morgan fingerprint density at radius 3 is 2.50 bits per heavy atom. The van der Waals surface area contributed by atoms with Crippen LogP contribution in [0.3, 0.4) is 0 Å². The van der Waals surface area contributed by atoms with Crippen LogP contribution in [0.15, 0.2) is 48.7 Å². The van der Waals surface area contributed by atoms with Gasteiger partial charge in [-0.25, -0.2) is 9.97 Å². The first-order chi connectivity index (χ1) is 15.3. The first-order valence-corrected chi connectivity index (χ1v) is 10.4. The molecule has 0 radical (unpaired) electrons. The molecule has 2 aromatic heterocycles. The first kappa shape index (κ1) is 21.9. The molecule has 0 saturated heterocycles. The number of carbonyl (C=O) groups excluding carboxylic acids is 1. The number of hydrogen-bond donors (Lipinski definition) is 2. The Labute approximate surface area is 183 Å². The van der Waals surface area contributed by atoms with Gasteiger partial charge in [-0.1, -0.05) is 18.2 Å². The van der Waals surface area contributed by atoms with E-state index in [2.05, 4.69) is 20.6 Å². The molecule has 6 nitrogen and oxygen atoms in total. The van der Waals surface area contributed by atoms with Crippen LogP contribution in [-0.2, 0) is 6.18 Å². The van der Waals surface area contributed by atoms with Crippen molar-refractivity contribution in [2.75, 3.05) is 12.4 Å². The Bertz CT molecular complexity index is 1110. The van der Waals surface area contributed by atoms with E-state index < -0.39 is 11.9 Å². The maximum atomic E-state index is 13.3. The van der Waals surface area contributed by atoms with Crippen molar-refractivity contribution in [2.24, 2.45) is 0 Å². The van der Waals surface area contributed by atoms with Gasteiger partial charge < -0.3 is 15.4 Å². The molecule has 0 unspecified atom stereocenters. The van der Waals surface area contributed by atoms with Crippen molar-refractivity contribution in [3.8, 4) is 5.88 Å². The van der Waals surface area contributed by atoms with Gasteiger partial charge in [-0.15, -0.1) is 0 Å². The molecule has 1 fully saturated rings. The number of amides is 1. The molecule has 1 saturated carbocycles. The fraction of sp³-hybridized carbons (Fsp3) is 0.348. The summed E-state index contributed by atoms with van der Waals surface area (Å²) in [5.74, 6) is 0.172. The third-order valence-electron chi connectivity index (χ3n) is 5.63. The quantitative estimate of drug-likeness (QED) is 0.591. The van der Waals surface area contributed by atoms with Gasteiger partial charge in [0.15, 0.2) is 0 Å². The molecule has 0 bridgehead atoms. The summed E-state index contributed by atoms with van der Waals surface area (Å²) in [4.78, 5) is 20.3. The highest BCUT2D eigenvalue weighted by molar-refractivity contribution is 5.94. The lowest BCUT2D eigenvalue weighted by molar-refractivity contribution is -0.140. The third-order valence-corrected chi connectivity index (χ3v) is 5.63. The number of rotatable bonds is 5. The molecule has 1 aliphatic rings. The lowest BCUT2D eigenvalue weighted by atomic mass is 9.90. The molecule has 3 aromatic rings.